The lowest BCUT2D eigenvalue weighted by atomic mass is 10.1. The van der Waals surface area contributed by atoms with E-state index < -0.39 is 0 Å². The number of amides is 1. The summed E-state index contributed by atoms with van der Waals surface area (Å²) in [5.74, 6) is 0.406. The number of hydrogen-bond donors (Lipinski definition) is 1. The zero-order valence-electron chi connectivity index (χ0n) is 17.5. The van der Waals surface area contributed by atoms with Crippen LogP contribution in [0.5, 0.6) is 5.75 Å². The molecule has 0 unspecified atom stereocenters. The zero-order chi connectivity index (χ0) is 22.9. The average molecular weight is 652 g/mol. The zero-order valence-corrected chi connectivity index (χ0v) is 21.8. The molecule has 0 fully saturated rings. The maximum absolute atomic E-state index is 12.3. The number of methoxy groups -OCH3 is 1. The molecule has 0 atom stereocenters. The summed E-state index contributed by atoms with van der Waals surface area (Å²) >= 11 is 4.45. The molecule has 0 bridgehead atoms. The van der Waals surface area contributed by atoms with E-state index in [0.29, 0.717) is 26.2 Å². The van der Waals surface area contributed by atoms with Gasteiger partial charge in [0.25, 0.3) is 5.91 Å². The van der Waals surface area contributed by atoms with Crippen molar-refractivity contribution in [3.8, 4) is 11.8 Å². The molecule has 0 saturated carbocycles. The van der Waals surface area contributed by atoms with Crippen molar-refractivity contribution < 1.29 is 14.3 Å². The van der Waals surface area contributed by atoms with E-state index in [1.807, 2.05) is 36.4 Å². The van der Waals surface area contributed by atoms with E-state index in [1.54, 1.807) is 13.2 Å². The molecule has 1 N–H and O–H groups in total. The fourth-order valence-corrected chi connectivity index (χ4v) is 5.33. The van der Waals surface area contributed by atoms with Crippen molar-refractivity contribution in [3.63, 3.8) is 0 Å². The molecule has 0 aliphatic carbocycles. The van der Waals surface area contributed by atoms with Gasteiger partial charge in [-0.25, -0.2) is 0 Å². The van der Waals surface area contributed by atoms with E-state index in [-0.39, 0.29) is 11.5 Å². The Balaban J connectivity index is 1.75. The van der Waals surface area contributed by atoms with Gasteiger partial charge < -0.3 is 14.8 Å². The molecule has 3 aromatic carbocycles. The standard InChI is InChI=1S/C25H22I2N2O3/c1-31-11-5-10-29-25(30)20(15-28)12-17-13-22(26)24(23(27)14-17)32-16-19-8-4-7-18-6-2-3-9-21(18)19/h2-4,6-9,12-14H,5,10-11,16H2,1H3,(H,29,30)/b20-12+. The van der Waals surface area contributed by atoms with Gasteiger partial charge in [0.2, 0.25) is 0 Å². The number of hydrogen-bond acceptors (Lipinski definition) is 4. The highest BCUT2D eigenvalue weighted by molar-refractivity contribution is 14.1. The van der Waals surface area contributed by atoms with Gasteiger partial charge in [0.15, 0.2) is 0 Å². The summed E-state index contributed by atoms with van der Waals surface area (Å²) in [6.07, 6.45) is 2.30. The number of halogens is 2. The summed E-state index contributed by atoms with van der Waals surface area (Å²) in [4.78, 5) is 12.3. The Morgan fingerprint density at radius 2 is 1.84 bits per heavy atom. The summed E-state index contributed by atoms with van der Waals surface area (Å²) in [6, 6.07) is 20.3. The van der Waals surface area contributed by atoms with E-state index in [0.717, 1.165) is 24.0 Å². The van der Waals surface area contributed by atoms with Gasteiger partial charge in [0.05, 0.1) is 7.14 Å². The molecule has 32 heavy (non-hydrogen) atoms. The van der Waals surface area contributed by atoms with Gasteiger partial charge in [0.1, 0.15) is 24.0 Å². The first kappa shape index (κ1) is 24.5. The quantitative estimate of drug-likeness (QED) is 0.140. The smallest absolute Gasteiger partial charge is 0.261 e. The van der Waals surface area contributed by atoms with Crippen LogP contribution in [0.2, 0.25) is 0 Å². The lowest BCUT2D eigenvalue weighted by Gasteiger charge is -2.13. The molecule has 0 radical (unpaired) electrons. The van der Waals surface area contributed by atoms with Gasteiger partial charge >= 0.3 is 0 Å². The highest BCUT2D eigenvalue weighted by Gasteiger charge is 2.13. The van der Waals surface area contributed by atoms with Crippen LogP contribution >= 0.6 is 45.2 Å². The third kappa shape index (κ3) is 6.43. The molecule has 1 amide bonds. The van der Waals surface area contributed by atoms with E-state index in [2.05, 4.69) is 74.8 Å². The summed E-state index contributed by atoms with van der Waals surface area (Å²) in [5, 5.41) is 14.5. The Morgan fingerprint density at radius 1 is 1.12 bits per heavy atom. The fraction of sp³-hybridized carbons (Fsp3) is 0.200. The van der Waals surface area contributed by atoms with Gasteiger partial charge in [-0.2, -0.15) is 5.26 Å². The minimum atomic E-state index is -0.384. The monoisotopic (exact) mass is 652 g/mol. The summed E-state index contributed by atoms with van der Waals surface area (Å²) in [7, 11) is 1.61. The predicted molar refractivity (Wildman–Crippen MR) is 143 cm³/mol. The highest BCUT2D eigenvalue weighted by atomic mass is 127. The lowest BCUT2D eigenvalue weighted by Crippen LogP contribution is -2.26. The Labute approximate surface area is 215 Å². The SMILES string of the molecule is COCCCNC(=O)/C(C#N)=C/c1cc(I)c(OCc2cccc3ccccc23)c(I)c1. The van der Waals surface area contributed by atoms with Crippen LogP contribution in [0.3, 0.4) is 0 Å². The normalized spacial score (nSPS) is 11.2. The predicted octanol–water partition coefficient (Wildman–Crippen LogP) is 5.69. The van der Waals surface area contributed by atoms with Crippen molar-refractivity contribution in [2.24, 2.45) is 0 Å². The number of nitrogens with zero attached hydrogens (tertiary/aromatic N) is 1. The van der Waals surface area contributed by atoms with Gasteiger partial charge in [-0.05, 0) is 91.7 Å². The van der Waals surface area contributed by atoms with E-state index >= 15 is 0 Å². The first-order valence-electron chi connectivity index (χ1n) is 10.0. The summed E-state index contributed by atoms with van der Waals surface area (Å²) in [6.45, 7) is 1.47. The van der Waals surface area contributed by atoms with Crippen LogP contribution in [0.15, 0.2) is 60.2 Å². The molecule has 0 saturated heterocycles. The first-order valence-corrected chi connectivity index (χ1v) is 12.2. The number of carbonyl (C=O) groups is 1. The maximum atomic E-state index is 12.3. The van der Waals surface area contributed by atoms with Crippen LogP contribution in [0.1, 0.15) is 17.5 Å². The molecule has 0 aliphatic rings. The number of nitrogens with one attached hydrogen (secondary N) is 1. The molecule has 5 nitrogen and oxygen atoms in total. The largest absolute Gasteiger partial charge is 0.487 e. The van der Waals surface area contributed by atoms with Crippen molar-refractivity contribution in [1.29, 1.82) is 5.26 Å². The van der Waals surface area contributed by atoms with Gasteiger partial charge in [-0.3, -0.25) is 4.79 Å². The summed E-state index contributed by atoms with van der Waals surface area (Å²) < 4.78 is 13.0. The third-order valence-electron chi connectivity index (χ3n) is 4.76. The molecule has 7 heteroatoms. The van der Waals surface area contributed by atoms with E-state index in [1.165, 1.54) is 10.8 Å². The van der Waals surface area contributed by atoms with Crippen molar-refractivity contribution in [2.75, 3.05) is 20.3 Å². The van der Waals surface area contributed by atoms with Crippen molar-refractivity contribution in [2.45, 2.75) is 13.0 Å². The lowest BCUT2D eigenvalue weighted by molar-refractivity contribution is -0.117. The highest BCUT2D eigenvalue weighted by Crippen LogP contribution is 2.31. The number of ether oxygens (including phenoxy) is 2. The molecule has 3 aromatic rings. The average Bonchev–Trinajstić information content (AvgIpc) is 2.79. The molecule has 164 valence electrons. The van der Waals surface area contributed by atoms with Crippen LogP contribution in [0.4, 0.5) is 0 Å². The second-order valence-corrected chi connectivity index (χ2v) is 9.34. The van der Waals surface area contributed by atoms with Gasteiger partial charge in [-0.15, -0.1) is 0 Å². The first-order chi connectivity index (χ1) is 15.5. The fourth-order valence-electron chi connectivity index (χ4n) is 3.20. The van der Waals surface area contributed by atoms with Crippen molar-refractivity contribution in [1.82, 2.24) is 5.32 Å². The maximum Gasteiger partial charge on any atom is 0.261 e. The van der Waals surface area contributed by atoms with Gasteiger partial charge in [-0.1, -0.05) is 42.5 Å². The molecular weight excluding hydrogens is 630 g/mol. The van der Waals surface area contributed by atoms with E-state index in [9.17, 15) is 10.1 Å². The van der Waals surface area contributed by atoms with E-state index in [4.69, 9.17) is 9.47 Å². The van der Waals surface area contributed by atoms with Crippen molar-refractivity contribution in [3.05, 3.63) is 78.4 Å². The number of benzene rings is 3. The molecule has 0 heterocycles. The minimum absolute atomic E-state index is 0.0680. The number of carbonyl (C=O) groups excluding carboxylic acids is 1. The Bertz CT molecular complexity index is 1160. The van der Waals surface area contributed by atoms with Crippen LogP contribution < -0.4 is 10.1 Å². The summed E-state index contributed by atoms with van der Waals surface area (Å²) in [5.41, 5.74) is 1.97. The molecule has 0 aromatic heterocycles. The third-order valence-corrected chi connectivity index (χ3v) is 6.36. The molecular formula is C25H22I2N2O3. The number of fused-ring (bicyclic) bond motifs is 1. The van der Waals surface area contributed by atoms with Crippen LogP contribution in [-0.4, -0.2) is 26.2 Å². The van der Waals surface area contributed by atoms with Crippen LogP contribution in [0, 0.1) is 18.5 Å². The van der Waals surface area contributed by atoms with Crippen LogP contribution in [-0.2, 0) is 16.1 Å². The number of rotatable bonds is 9. The number of nitriles is 1. The topological polar surface area (TPSA) is 71.3 Å². The minimum Gasteiger partial charge on any atom is -0.487 e. The second-order valence-electron chi connectivity index (χ2n) is 7.01. The van der Waals surface area contributed by atoms with Gasteiger partial charge in [0, 0.05) is 20.3 Å². The molecule has 3 rings (SSSR count). The second kappa shape index (κ2) is 12.2. The Hall–Kier alpha value is -2.16. The van der Waals surface area contributed by atoms with Crippen molar-refractivity contribution >= 4 is 67.9 Å². The van der Waals surface area contributed by atoms with Crippen LogP contribution in [0.25, 0.3) is 16.8 Å². The Morgan fingerprint density at radius 3 is 2.56 bits per heavy atom. The molecule has 0 spiro atoms. The Kier molecular flexibility index (Phi) is 9.32. The molecule has 0 aliphatic heterocycles.